The van der Waals surface area contributed by atoms with E-state index in [1.807, 2.05) is 6.92 Å². The maximum Gasteiger partial charge on any atom is 0.271 e. The van der Waals surface area contributed by atoms with Crippen molar-refractivity contribution in [1.29, 1.82) is 0 Å². The molecule has 0 aliphatic rings. The fourth-order valence-corrected chi connectivity index (χ4v) is 4.06. The summed E-state index contributed by atoms with van der Waals surface area (Å²) in [5, 5.41) is 4.19. The number of hydrogen-bond acceptors (Lipinski definition) is 4. The van der Waals surface area contributed by atoms with Gasteiger partial charge in [0.05, 0.1) is 20.4 Å². The molecule has 0 aliphatic heterocycles. The Hall–Kier alpha value is -3.06. The Bertz CT molecular complexity index is 1170. The van der Waals surface area contributed by atoms with E-state index in [9.17, 15) is 4.79 Å². The maximum atomic E-state index is 12.5. The first-order chi connectivity index (χ1) is 14.8. The van der Waals surface area contributed by atoms with Crippen LogP contribution in [0.3, 0.4) is 0 Å². The molecule has 3 aromatic rings. The van der Waals surface area contributed by atoms with Crippen LogP contribution < -0.4 is 14.9 Å². The molecule has 0 aliphatic carbocycles. The Morgan fingerprint density at radius 1 is 1.00 bits per heavy atom. The highest BCUT2D eigenvalue weighted by atomic mass is 79.9. The van der Waals surface area contributed by atoms with Crippen molar-refractivity contribution in [3.63, 3.8) is 0 Å². The number of nitrogens with one attached hydrogen (secondary N) is 1. The van der Waals surface area contributed by atoms with E-state index < -0.39 is 0 Å². The van der Waals surface area contributed by atoms with Crippen LogP contribution in [0, 0.1) is 27.7 Å². The summed E-state index contributed by atoms with van der Waals surface area (Å²) in [6.45, 7) is 8.27. The summed E-state index contributed by atoms with van der Waals surface area (Å²) in [6, 6.07) is 11.4. The molecule has 6 nitrogen and oxygen atoms in total. The quantitative estimate of drug-likeness (QED) is 0.384. The van der Waals surface area contributed by atoms with Crippen LogP contribution in [0.5, 0.6) is 11.5 Å². The average Bonchev–Trinajstić information content (AvgIpc) is 2.97. The molecule has 0 saturated heterocycles. The van der Waals surface area contributed by atoms with Crippen molar-refractivity contribution in [2.75, 3.05) is 14.2 Å². The summed E-state index contributed by atoms with van der Waals surface area (Å²) in [5.74, 6) is 0.709. The van der Waals surface area contributed by atoms with E-state index in [4.69, 9.17) is 9.47 Å². The smallest absolute Gasteiger partial charge is 0.271 e. The summed E-state index contributed by atoms with van der Waals surface area (Å²) in [4.78, 5) is 12.5. The number of hydrazone groups is 1. The Kier molecular flexibility index (Phi) is 6.85. The number of aromatic nitrogens is 1. The third-order valence-corrected chi connectivity index (χ3v) is 6.23. The number of rotatable bonds is 6. The molecule has 31 heavy (non-hydrogen) atoms. The van der Waals surface area contributed by atoms with Crippen LogP contribution in [0.2, 0.25) is 0 Å². The van der Waals surface area contributed by atoms with Crippen molar-refractivity contribution < 1.29 is 14.3 Å². The van der Waals surface area contributed by atoms with Gasteiger partial charge in [0, 0.05) is 32.7 Å². The number of aryl methyl sites for hydroxylation is 2. The minimum Gasteiger partial charge on any atom is -0.493 e. The number of methoxy groups -OCH3 is 2. The van der Waals surface area contributed by atoms with E-state index in [-0.39, 0.29) is 5.91 Å². The van der Waals surface area contributed by atoms with Crippen molar-refractivity contribution in [3.8, 4) is 17.2 Å². The lowest BCUT2D eigenvalue weighted by Gasteiger charge is -2.13. The van der Waals surface area contributed by atoms with Gasteiger partial charge in [-0.05, 0) is 79.0 Å². The molecule has 1 heterocycles. The lowest BCUT2D eigenvalue weighted by Crippen LogP contribution is -2.17. The SMILES string of the molecule is COc1ccc(C(=O)N/N=C\c2c(Br)c(C)n(-c3cc(C)ccc3C)c2C)cc1OC. The topological polar surface area (TPSA) is 64.8 Å². The summed E-state index contributed by atoms with van der Waals surface area (Å²) in [5.41, 5.74) is 9.53. The standard InChI is InChI=1S/C24H26BrN3O3/c1-14-7-8-15(2)20(11-14)28-16(3)19(23(25)17(28)4)13-26-27-24(29)18-9-10-21(30-5)22(12-18)31-6/h7-13H,1-6H3,(H,27,29)/b26-13-. The van der Waals surface area contributed by atoms with Gasteiger partial charge >= 0.3 is 0 Å². The number of carbonyl (C=O) groups is 1. The van der Waals surface area contributed by atoms with Crippen molar-refractivity contribution >= 4 is 28.1 Å². The molecular formula is C24H26BrN3O3. The van der Waals surface area contributed by atoms with Crippen LogP contribution in [-0.4, -0.2) is 30.9 Å². The molecule has 0 unspecified atom stereocenters. The van der Waals surface area contributed by atoms with Crippen LogP contribution in [0.15, 0.2) is 46.0 Å². The average molecular weight is 484 g/mol. The van der Waals surface area contributed by atoms with Crippen LogP contribution in [-0.2, 0) is 0 Å². The molecule has 3 rings (SSSR count). The molecule has 0 spiro atoms. The fraction of sp³-hybridized carbons (Fsp3) is 0.250. The van der Waals surface area contributed by atoms with Gasteiger partial charge in [-0.3, -0.25) is 4.79 Å². The number of amides is 1. The summed E-state index contributed by atoms with van der Waals surface area (Å²) in [7, 11) is 3.08. The second-order valence-electron chi connectivity index (χ2n) is 7.29. The van der Waals surface area contributed by atoms with Gasteiger partial charge in [0.25, 0.3) is 5.91 Å². The third kappa shape index (κ3) is 4.51. The first-order valence-electron chi connectivity index (χ1n) is 9.79. The van der Waals surface area contributed by atoms with Crippen molar-refractivity contribution in [2.45, 2.75) is 27.7 Å². The highest BCUT2D eigenvalue weighted by Crippen LogP contribution is 2.31. The van der Waals surface area contributed by atoms with Crippen molar-refractivity contribution in [1.82, 2.24) is 9.99 Å². The number of ether oxygens (including phenoxy) is 2. The molecule has 7 heteroatoms. The van der Waals surface area contributed by atoms with Gasteiger partial charge in [-0.1, -0.05) is 12.1 Å². The summed E-state index contributed by atoms with van der Waals surface area (Å²) >= 11 is 3.68. The lowest BCUT2D eigenvalue weighted by atomic mass is 10.1. The molecule has 0 atom stereocenters. The Balaban J connectivity index is 1.87. The fourth-order valence-electron chi connectivity index (χ4n) is 3.49. The highest BCUT2D eigenvalue weighted by Gasteiger charge is 2.17. The predicted octanol–water partition coefficient (Wildman–Crippen LogP) is 5.25. The molecular weight excluding hydrogens is 458 g/mol. The lowest BCUT2D eigenvalue weighted by molar-refractivity contribution is 0.0954. The minimum atomic E-state index is -0.336. The van der Waals surface area contributed by atoms with Gasteiger partial charge < -0.3 is 14.0 Å². The third-order valence-electron chi connectivity index (χ3n) is 5.23. The normalized spacial score (nSPS) is 11.1. The van der Waals surface area contributed by atoms with Gasteiger partial charge in [0.2, 0.25) is 0 Å². The first kappa shape index (κ1) is 22.6. The van der Waals surface area contributed by atoms with E-state index in [1.165, 1.54) is 18.2 Å². The molecule has 0 fully saturated rings. The predicted molar refractivity (Wildman–Crippen MR) is 127 cm³/mol. The van der Waals surface area contributed by atoms with E-state index in [0.717, 1.165) is 27.1 Å². The molecule has 0 bridgehead atoms. The Morgan fingerprint density at radius 2 is 1.71 bits per heavy atom. The zero-order valence-corrected chi connectivity index (χ0v) is 20.1. The molecule has 0 radical (unpaired) electrons. The van der Waals surface area contributed by atoms with Crippen LogP contribution >= 0.6 is 15.9 Å². The van der Waals surface area contributed by atoms with E-state index in [0.29, 0.717) is 17.1 Å². The van der Waals surface area contributed by atoms with Crippen molar-refractivity contribution in [3.05, 3.63) is 74.5 Å². The number of carbonyl (C=O) groups excluding carboxylic acids is 1. The monoisotopic (exact) mass is 483 g/mol. The molecule has 1 aromatic heterocycles. The van der Waals surface area contributed by atoms with Gasteiger partial charge in [-0.25, -0.2) is 5.43 Å². The van der Waals surface area contributed by atoms with E-state index in [1.54, 1.807) is 31.5 Å². The van der Waals surface area contributed by atoms with E-state index >= 15 is 0 Å². The molecule has 1 amide bonds. The van der Waals surface area contributed by atoms with Crippen LogP contribution in [0.4, 0.5) is 0 Å². The number of nitrogens with zero attached hydrogens (tertiary/aromatic N) is 2. The highest BCUT2D eigenvalue weighted by molar-refractivity contribution is 9.10. The van der Waals surface area contributed by atoms with Gasteiger partial charge in [0.1, 0.15) is 0 Å². The largest absolute Gasteiger partial charge is 0.493 e. The van der Waals surface area contributed by atoms with Gasteiger partial charge in [0.15, 0.2) is 11.5 Å². The molecule has 1 N–H and O–H groups in total. The number of benzene rings is 2. The summed E-state index contributed by atoms with van der Waals surface area (Å²) in [6.07, 6.45) is 1.66. The van der Waals surface area contributed by atoms with Gasteiger partial charge in [-0.2, -0.15) is 5.10 Å². The Labute approximate surface area is 191 Å². The molecule has 2 aromatic carbocycles. The van der Waals surface area contributed by atoms with E-state index in [2.05, 4.69) is 70.0 Å². The Morgan fingerprint density at radius 3 is 2.39 bits per heavy atom. The molecule has 0 saturated carbocycles. The summed E-state index contributed by atoms with van der Waals surface area (Å²) < 4.78 is 13.6. The zero-order chi connectivity index (χ0) is 22.7. The van der Waals surface area contributed by atoms with Crippen LogP contribution in [0.25, 0.3) is 5.69 Å². The second-order valence-corrected chi connectivity index (χ2v) is 8.09. The second kappa shape index (κ2) is 9.39. The minimum absolute atomic E-state index is 0.336. The van der Waals surface area contributed by atoms with Crippen LogP contribution in [0.1, 0.15) is 38.4 Å². The zero-order valence-electron chi connectivity index (χ0n) is 18.5. The maximum absolute atomic E-state index is 12.5. The van der Waals surface area contributed by atoms with Crippen molar-refractivity contribution in [2.24, 2.45) is 5.10 Å². The first-order valence-corrected chi connectivity index (χ1v) is 10.6. The number of hydrogen-bond donors (Lipinski definition) is 1. The number of halogens is 1. The molecule has 162 valence electrons. The van der Waals surface area contributed by atoms with Gasteiger partial charge in [-0.15, -0.1) is 0 Å².